The molecule has 0 spiro atoms. The average Bonchev–Trinajstić information content (AvgIpc) is 2.81. The molecule has 18 heavy (non-hydrogen) atoms. The molecule has 1 saturated heterocycles. The summed E-state index contributed by atoms with van der Waals surface area (Å²) in [7, 11) is 1.78. The van der Waals surface area contributed by atoms with E-state index in [4.69, 9.17) is 5.26 Å². The predicted octanol–water partition coefficient (Wildman–Crippen LogP) is 1.87. The molecule has 0 N–H and O–H groups in total. The lowest BCUT2D eigenvalue weighted by Gasteiger charge is -2.28. The quantitative estimate of drug-likeness (QED) is 0.724. The van der Waals surface area contributed by atoms with Crippen LogP contribution in [-0.4, -0.2) is 48.4 Å². The number of nitriles is 1. The number of hydrogen-bond donors (Lipinski definition) is 0. The standard InChI is InChI=1S/C14H25N3O/c1-12(2)13-6-4-10-17(13)11-7-14(18)16(3)9-5-8-15/h12-13H,4-7,9-11H2,1-3H3. The van der Waals surface area contributed by atoms with E-state index in [-0.39, 0.29) is 5.91 Å². The van der Waals surface area contributed by atoms with Crippen molar-refractivity contribution in [2.45, 2.75) is 45.6 Å². The number of nitrogens with zero attached hydrogens (tertiary/aromatic N) is 3. The SMILES string of the molecule is CC(C)C1CCCN1CCC(=O)N(C)CCC#N. The van der Waals surface area contributed by atoms with Crippen LogP contribution in [0.15, 0.2) is 0 Å². The summed E-state index contributed by atoms with van der Waals surface area (Å²) in [6.45, 7) is 7.03. The Balaban J connectivity index is 2.31. The summed E-state index contributed by atoms with van der Waals surface area (Å²) in [5.41, 5.74) is 0. The zero-order valence-corrected chi connectivity index (χ0v) is 11.9. The maximum absolute atomic E-state index is 11.9. The van der Waals surface area contributed by atoms with Crippen molar-refractivity contribution in [2.24, 2.45) is 5.92 Å². The van der Waals surface area contributed by atoms with Gasteiger partial charge in [0.15, 0.2) is 0 Å². The van der Waals surface area contributed by atoms with Crippen LogP contribution < -0.4 is 0 Å². The van der Waals surface area contributed by atoms with Crippen molar-refractivity contribution >= 4 is 5.91 Å². The molecule has 0 aromatic heterocycles. The zero-order chi connectivity index (χ0) is 13.5. The van der Waals surface area contributed by atoms with Crippen LogP contribution in [0.4, 0.5) is 0 Å². The molecule has 0 radical (unpaired) electrons. The minimum atomic E-state index is 0.152. The van der Waals surface area contributed by atoms with Crippen molar-refractivity contribution in [3.05, 3.63) is 0 Å². The van der Waals surface area contributed by atoms with E-state index in [1.165, 1.54) is 12.8 Å². The van der Waals surface area contributed by atoms with E-state index in [0.717, 1.165) is 13.1 Å². The van der Waals surface area contributed by atoms with Crippen LogP contribution in [-0.2, 0) is 4.79 Å². The monoisotopic (exact) mass is 251 g/mol. The Hall–Kier alpha value is -1.08. The third-order valence-electron chi connectivity index (χ3n) is 3.78. The van der Waals surface area contributed by atoms with Gasteiger partial charge in [-0.25, -0.2) is 0 Å². The summed E-state index contributed by atoms with van der Waals surface area (Å²) in [6, 6.07) is 2.71. The van der Waals surface area contributed by atoms with Gasteiger partial charge in [0.05, 0.1) is 12.5 Å². The molecule has 102 valence electrons. The Bertz CT molecular complexity index is 309. The lowest BCUT2D eigenvalue weighted by atomic mass is 10.0. The van der Waals surface area contributed by atoms with E-state index in [1.807, 2.05) is 0 Å². The number of carbonyl (C=O) groups is 1. The van der Waals surface area contributed by atoms with Gasteiger partial charge < -0.3 is 4.90 Å². The smallest absolute Gasteiger partial charge is 0.223 e. The van der Waals surface area contributed by atoms with Crippen LogP contribution in [0.3, 0.4) is 0 Å². The van der Waals surface area contributed by atoms with E-state index in [9.17, 15) is 4.79 Å². The summed E-state index contributed by atoms with van der Waals surface area (Å²) in [5, 5.41) is 8.50. The van der Waals surface area contributed by atoms with Crippen molar-refractivity contribution in [3.63, 3.8) is 0 Å². The Kier molecular flexibility index (Phi) is 6.14. The Morgan fingerprint density at radius 2 is 2.28 bits per heavy atom. The minimum Gasteiger partial charge on any atom is -0.345 e. The average molecular weight is 251 g/mol. The van der Waals surface area contributed by atoms with Gasteiger partial charge in [-0.3, -0.25) is 9.69 Å². The molecule has 1 amide bonds. The molecule has 1 aliphatic rings. The maximum Gasteiger partial charge on any atom is 0.223 e. The van der Waals surface area contributed by atoms with E-state index in [1.54, 1.807) is 11.9 Å². The summed E-state index contributed by atoms with van der Waals surface area (Å²) in [6.07, 6.45) is 3.50. The number of rotatable bonds is 6. The number of amides is 1. The van der Waals surface area contributed by atoms with Crippen LogP contribution in [0.5, 0.6) is 0 Å². The fourth-order valence-electron chi connectivity index (χ4n) is 2.66. The molecule has 0 aliphatic carbocycles. The van der Waals surface area contributed by atoms with Crippen molar-refractivity contribution in [1.82, 2.24) is 9.80 Å². The van der Waals surface area contributed by atoms with Crippen LogP contribution >= 0.6 is 0 Å². The van der Waals surface area contributed by atoms with Gasteiger partial charge in [0.2, 0.25) is 5.91 Å². The molecule has 4 heteroatoms. The van der Waals surface area contributed by atoms with Crippen molar-refractivity contribution in [3.8, 4) is 6.07 Å². The Morgan fingerprint density at radius 1 is 1.56 bits per heavy atom. The van der Waals surface area contributed by atoms with Crippen molar-refractivity contribution in [2.75, 3.05) is 26.7 Å². The van der Waals surface area contributed by atoms with Gasteiger partial charge in [-0.2, -0.15) is 5.26 Å². The Labute approximate surface area is 111 Å². The normalized spacial score (nSPS) is 20.1. The van der Waals surface area contributed by atoms with Gasteiger partial charge in [0.1, 0.15) is 0 Å². The molecule has 0 bridgehead atoms. The third-order valence-corrected chi connectivity index (χ3v) is 3.78. The summed E-state index contributed by atoms with van der Waals surface area (Å²) in [4.78, 5) is 16.0. The number of carbonyl (C=O) groups excluding carboxylic acids is 1. The van der Waals surface area contributed by atoms with Crippen molar-refractivity contribution < 1.29 is 4.79 Å². The molecule has 0 aromatic carbocycles. The third kappa shape index (κ3) is 4.30. The fourth-order valence-corrected chi connectivity index (χ4v) is 2.66. The second-order valence-electron chi connectivity index (χ2n) is 5.46. The largest absolute Gasteiger partial charge is 0.345 e. The molecule has 1 aliphatic heterocycles. The summed E-state index contributed by atoms with van der Waals surface area (Å²) in [5.74, 6) is 0.818. The predicted molar refractivity (Wildman–Crippen MR) is 71.9 cm³/mol. The first kappa shape index (κ1) is 15.0. The number of hydrogen-bond acceptors (Lipinski definition) is 3. The molecule has 1 fully saturated rings. The fraction of sp³-hybridized carbons (Fsp3) is 0.857. The van der Waals surface area contributed by atoms with Crippen LogP contribution in [0.25, 0.3) is 0 Å². The molecule has 1 unspecified atom stereocenters. The minimum absolute atomic E-state index is 0.152. The first-order valence-corrected chi connectivity index (χ1v) is 6.91. The van der Waals surface area contributed by atoms with Gasteiger partial charge >= 0.3 is 0 Å². The van der Waals surface area contributed by atoms with E-state index in [0.29, 0.717) is 31.3 Å². The van der Waals surface area contributed by atoms with Gasteiger partial charge in [-0.1, -0.05) is 13.8 Å². The first-order valence-electron chi connectivity index (χ1n) is 6.91. The lowest BCUT2D eigenvalue weighted by Crippen LogP contribution is -2.37. The van der Waals surface area contributed by atoms with Crippen LogP contribution in [0.1, 0.15) is 39.5 Å². The Morgan fingerprint density at radius 3 is 2.89 bits per heavy atom. The summed E-state index contributed by atoms with van der Waals surface area (Å²) < 4.78 is 0. The van der Waals surface area contributed by atoms with Gasteiger partial charge in [-0.05, 0) is 25.3 Å². The molecule has 1 atom stereocenters. The summed E-state index contributed by atoms with van der Waals surface area (Å²) >= 11 is 0. The molecule has 4 nitrogen and oxygen atoms in total. The molecule has 1 heterocycles. The maximum atomic E-state index is 11.9. The molecular weight excluding hydrogens is 226 g/mol. The van der Waals surface area contributed by atoms with Crippen LogP contribution in [0.2, 0.25) is 0 Å². The number of likely N-dealkylation sites (tertiary alicyclic amines) is 1. The zero-order valence-electron chi connectivity index (χ0n) is 11.9. The highest BCUT2D eigenvalue weighted by atomic mass is 16.2. The topological polar surface area (TPSA) is 47.3 Å². The second kappa shape index (κ2) is 7.38. The molecule has 0 saturated carbocycles. The van der Waals surface area contributed by atoms with Gasteiger partial charge in [0, 0.05) is 32.6 Å². The lowest BCUT2D eigenvalue weighted by molar-refractivity contribution is -0.130. The van der Waals surface area contributed by atoms with E-state index < -0.39 is 0 Å². The van der Waals surface area contributed by atoms with Crippen molar-refractivity contribution in [1.29, 1.82) is 5.26 Å². The van der Waals surface area contributed by atoms with E-state index >= 15 is 0 Å². The highest BCUT2D eigenvalue weighted by Gasteiger charge is 2.27. The second-order valence-corrected chi connectivity index (χ2v) is 5.46. The van der Waals surface area contributed by atoms with E-state index in [2.05, 4.69) is 24.8 Å². The highest BCUT2D eigenvalue weighted by molar-refractivity contribution is 5.76. The van der Waals surface area contributed by atoms with Crippen LogP contribution in [0, 0.1) is 17.2 Å². The molecule has 0 aromatic rings. The highest BCUT2D eigenvalue weighted by Crippen LogP contribution is 2.23. The van der Waals surface area contributed by atoms with Gasteiger partial charge in [-0.15, -0.1) is 0 Å². The first-order chi connectivity index (χ1) is 8.56. The van der Waals surface area contributed by atoms with Gasteiger partial charge in [0.25, 0.3) is 0 Å². The molecule has 1 rings (SSSR count). The molecular formula is C14H25N3O.